The van der Waals surface area contributed by atoms with Crippen molar-refractivity contribution in [2.24, 2.45) is 4.99 Å². The van der Waals surface area contributed by atoms with Crippen molar-refractivity contribution < 1.29 is 9.53 Å². The molecule has 2 aromatic rings. The SMILES string of the molecule is CC/C=C(\C=NC)NC(=O)c1ccc(Br)cc1OCc1ccccc1Cl. The van der Waals surface area contributed by atoms with Crippen LogP contribution in [-0.2, 0) is 6.61 Å². The quantitative estimate of drug-likeness (QED) is 0.592. The number of rotatable bonds is 7. The van der Waals surface area contributed by atoms with Gasteiger partial charge in [0.2, 0.25) is 0 Å². The van der Waals surface area contributed by atoms with Gasteiger partial charge in [0.15, 0.2) is 0 Å². The number of nitrogens with one attached hydrogen (secondary N) is 1. The lowest BCUT2D eigenvalue weighted by Gasteiger charge is -2.13. The summed E-state index contributed by atoms with van der Waals surface area (Å²) in [5, 5.41) is 3.48. The van der Waals surface area contributed by atoms with Gasteiger partial charge >= 0.3 is 0 Å². The zero-order valence-electron chi connectivity index (χ0n) is 14.6. The number of halogens is 2. The predicted octanol–water partition coefficient (Wildman–Crippen LogP) is 5.41. The summed E-state index contributed by atoms with van der Waals surface area (Å²) in [6.07, 6.45) is 4.30. The smallest absolute Gasteiger partial charge is 0.259 e. The van der Waals surface area contributed by atoms with Crippen molar-refractivity contribution in [2.45, 2.75) is 20.0 Å². The Morgan fingerprint density at radius 2 is 2.08 bits per heavy atom. The fourth-order valence-electron chi connectivity index (χ4n) is 2.27. The lowest BCUT2D eigenvalue weighted by molar-refractivity contribution is 0.0963. The van der Waals surface area contributed by atoms with Crippen molar-refractivity contribution in [3.05, 3.63) is 74.9 Å². The zero-order chi connectivity index (χ0) is 18.9. The molecule has 4 nitrogen and oxygen atoms in total. The van der Waals surface area contributed by atoms with E-state index >= 15 is 0 Å². The Labute approximate surface area is 167 Å². The minimum atomic E-state index is -0.258. The molecule has 0 saturated carbocycles. The zero-order valence-corrected chi connectivity index (χ0v) is 17.0. The molecule has 1 amide bonds. The van der Waals surface area contributed by atoms with Gasteiger partial charge in [0.05, 0.1) is 11.3 Å². The molecule has 1 N–H and O–H groups in total. The Balaban J connectivity index is 2.22. The van der Waals surface area contributed by atoms with Crippen LogP contribution in [-0.4, -0.2) is 19.2 Å². The minimum Gasteiger partial charge on any atom is -0.488 e. The van der Waals surface area contributed by atoms with Gasteiger partial charge in [-0.05, 0) is 30.7 Å². The molecule has 2 rings (SSSR count). The second-order valence-corrected chi connectivity index (χ2v) is 6.75. The fraction of sp³-hybridized carbons (Fsp3) is 0.200. The van der Waals surface area contributed by atoms with E-state index in [2.05, 4.69) is 26.2 Å². The average Bonchev–Trinajstić information content (AvgIpc) is 2.61. The highest BCUT2D eigenvalue weighted by atomic mass is 79.9. The third-order valence-corrected chi connectivity index (χ3v) is 4.34. The number of amides is 1. The molecule has 136 valence electrons. The Kier molecular flexibility index (Phi) is 7.88. The summed E-state index contributed by atoms with van der Waals surface area (Å²) in [5.41, 5.74) is 1.94. The maximum absolute atomic E-state index is 12.7. The van der Waals surface area contributed by atoms with Gasteiger partial charge in [0.1, 0.15) is 12.4 Å². The first kappa shape index (κ1) is 20.2. The molecule has 0 spiro atoms. The first-order valence-corrected chi connectivity index (χ1v) is 9.31. The van der Waals surface area contributed by atoms with Crippen LogP contribution < -0.4 is 10.1 Å². The largest absolute Gasteiger partial charge is 0.488 e. The molecule has 0 aromatic heterocycles. The lowest BCUT2D eigenvalue weighted by atomic mass is 10.1. The molecule has 0 heterocycles. The fourth-order valence-corrected chi connectivity index (χ4v) is 2.80. The number of aliphatic imine (C=N–C) groups is 1. The topological polar surface area (TPSA) is 50.7 Å². The van der Waals surface area contributed by atoms with E-state index in [1.54, 1.807) is 37.5 Å². The highest BCUT2D eigenvalue weighted by Crippen LogP contribution is 2.26. The predicted molar refractivity (Wildman–Crippen MR) is 110 cm³/mol. The Morgan fingerprint density at radius 3 is 2.77 bits per heavy atom. The van der Waals surface area contributed by atoms with Crippen LogP contribution >= 0.6 is 27.5 Å². The summed E-state index contributed by atoms with van der Waals surface area (Å²) in [5.74, 6) is 0.215. The number of ether oxygens (including phenoxy) is 1. The van der Waals surface area contributed by atoms with Crippen molar-refractivity contribution in [1.82, 2.24) is 5.32 Å². The lowest BCUT2D eigenvalue weighted by Crippen LogP contribution is -2.24. The van der Waals surface area contributed by atoms with E-state index in [4.69, 9.17) is 16.3 Å². The van der Waals surface area contributed by atoms with Crippen LogP contribution in [0.2, 0.25) is 5.02 Å². The monoisotopic (exact) mass is 434 g/mol. The average molecular weight is 436 g/mol. The van der Waals surface area contributed by atoms with E-state index in [0.29, 0.717) is 22.0 Å². The van der Waals surface area contributed by atoms with Gasteiger partial charge in [-0.25, -0.2) is 0 Å². The van der Waals surface area contributed by atoms with Crippen molar-refractivity contribution in [1.29, 1.82) is 0 Å². The van der Waals surface area contributed by atoms with Crippen molar-refractivity contribution in [3.63, 3.8) is 0 Å². The molecular weight excluding hydrogens is 416 g/mol. The summed E-state index contributed by atoms with van der Waals surface area (Å²) < 4.78 is 6.70. The van der Waals surface area contributed by atoms with Crippen LogP contribution in [0.5, 0.6) is 5.75 Å². The van der Waals surface area contributed by atoms with Gasteiger partial charge < -0.3 is 10.1 Å². The molecule has 26 heavy (non-hydrogen) atoms. The number of hydrogen-bond acceptors (Lipinski definition) is 3. The van der Waals surface area contributed by atoms with Crippen LogP contribution in [0.25, 0.3) is 0 Å². The maximum Gasteiger partial charge on any atom is 0.259 e. The number of hydrogen-bond donors (Lipinski definition) is 1. The first-order chi connectivity index (χ1) is 12.5. The molecule has 6 heteroatoms. The van der Waals surface area contributed by atoms with Crippen LogP contribution in [0.15, 0.2) is 63.7 Å². The van der Waals surface area contributed by atoms with Gasteiger partial charge in [-0.3, -0.25) is 9.79 Å². The van der Waals surface area contributed by atoms with Crippen LogP contribution in [0.1, 0.15) is 29.3 Å². The number of allylic oxidation sites excluding steroid dienone is 2. The Bertz CT molecular complexity index is 834. The number of nitrogens with zero attached hydrogens (tertiary/aromatic N) is 1. The molecule has 0 aliphatic heterocycles. The molecule has 0 atom stereocenters. The molecule has 0 aliphatic rings. The highest BCUT2D eigenvalue weighted by Gasteiger charge is 2.14. The summed E-state index contributed by atoms with van der Waals surface area (Å²) in [6.45, 7) is 2.26. The standard InChI is InChI=1S/C20H20BrClN2O2/c1-3-6-16(12-23-2)24-20(25)17-10-9-15(21)11-19(17)26-13-14-7-4-5-8-18(14)22/h4-12H,3,13H2,1-2H3,(H,24,25)/b16-6+,23-12?. The molecule has 0 bridgehead atoms. The Hall–Kier alpha value is -2.11. The molecule has 0 aliphatic carbocycles. The first-order valence-electron chi connectivity index (χ1n) is 8.14. The van der Waals surface area contributed by atoms with Gasteiger partial charge in [-0.1, -0.05) is 58.7 Å². The van der Waals surface area contributed by atoms with E-state index in [0.717, 1.165) is 16.5 Å². The minimum absolute atomic E-state index is 0.258. The van der Waals surface area contributed by atoms with E-state index in [1.807, 2.05) is 31.2 Å². The third-order valence-electron chi connectivity index (χ3n) is 3.48. The second-order valence-electron chi connectivity index (χ2n) is 5.43. The molecular formula is C20H20BrClN2O2. The summed E-state index contributed by atoms with van der Waals surface area (Å²) >= 11 is 9.59. The van der Waals surface area contributed by atoms with E-state index < -0.39 is 0 Å². The number of carbonyl (C=O) groups excluding carboxylic acids is 1. The van der Waals surface area contributed by atoms with Crippen molar-refractivity contribution in [3.8, 4) is 5.75 Å². The normalized spacial score (nSPS) is 11.6. The van der Waals surface area contributed by atoms with Gasteiger partial charge in [-0.15, -0.1) is 0 Å². The van der Waals surface area contributed by atoms with E-state index in [-0.39, 0.29) is 12.5 Å². The summed E-state index contributed by atoms with van der Waals surface area (Å²) in [7, 11) is 1.66. The van der Waals surface area contributed by atoms with Crippen LogP contribution in [0.3, 0.4) is 0 Å². The van der Waals surface area contributed by atoms with Gasteiger partial charge in [0.25, 0.3) is 5.91 Å². The van der Waals surface area contributed by atoms with Crippen LogP contribution in [0.4, 0.5) is 0 Å². The third kappa shape index (κ3) is 5.71. The van der Waals surface area contributed by atoms with Gasteiger partial charge in [-0.2, -0.15) is 0 Å². The van der Waals surface area contributed by atoms with E-state index in [9.17, 15) is 4.79 Å². The van der Waals surface area contributed by atoms with Gasteiger partial charge in [0, 0.05) is 28.3 Å². The molecule has 2 aromatic carbocycles. The molecule has 0 unspecified atom stereocenters. The highest BCUT2D eigenvalue weighted by molar-refractivity contribution is 9.10. The van der Waals surface area contributed by atoms with E-state index in [1.165, 1.54) is 0 Å². The van der Waals surface area contributed by atoms with Crippen molar-refractivity contribution >= 4 is 39.7 Å². The second kappa shape index (κ2) is 10.1. The molecule has 0 radical (unpaired) electrons. The number of benzene rings is 2. The van der Waals surface area contributed by atoms with Crippen LogP contribution in [0, 0.1) is 0 Å². The molecule has 0 fully saturated rings. The molecule has 0 saturated heterocycles. The summed E-state index contributed by atoms with van der Waals surface area (Å²) in [4.78, 5) is 16.6. The maximum atomic E-state index is 12.7. The number of carbonyl (C=O) groups is 1. The Morgan fingerprint density at radius 1 is 1.31 bits per heavy atom. The van der Waals surface area contributed by atoms with Crippen molar-refractivity contribution in [2.75, 3.05) is 7.05 Å². The summed E-state index contributed by atoms with van der Waals surface area (Å²) in [6, 6.07) is 12.7.